The first-order chi connectivity index (χ1) is 9.05. The largest absolute Gasteiger partial charge is 0.418 e. The first kappa shape index (κ1) is 14.6. The van der Waals surface area contributed by atoms with Gasteiger partial charge in [-0.2, -0.15) is 21.6 Å². The van der Waals surface area contributed by atoms with Crippen LogP contribution in [0.5, 0.6) is 0 Å². The maximum atomic E-state index is 12.9. The molecule has 1 aliphatic heterocycles. The number of benzene rings is 1. The van der Waals surface area contributed by atoms with E-state index in [1.807, 2.05) is 4.72 Å². The van der Waals surface area contributed by atoms with Crippen molar-refractivity contribution in [2.75, 3.05) is 4.72 Å². The molecule has 1 amide bonds. The third kappa shape index (κ3) is 2.21. The summed E-state index contributed by atoms with van der Waals surface area (Å²) in [6, 6.07) is 2.24. The lowest BCUT2D eigenvalue weighted by molar-refractivity contribution is -0.136. The first-order valence-electron chi connectivity index (χ1n) is 5.62. The van der Waals surface area contributed by atoms with Crippen molar-refractivity contribution in [3.63, 3.8) is 0 Å². The number of nitrogens with one attached hydrogen (secondary N) is 1. The zero-order chi connectivity index (χ0) is 15.3. The number of halogens is 3. The minimum absolute atomic E-state index is 0.316. The smallest absolute Gasteiger partial charge is 0.268 e. The van der Waals surface area contributed by atoms with Crippen LogP contribution < -0.4 is 4.72 Å². The van der Waals surface area contributed by atoms with E-state index in [2.05, 4.69) is 0 Å². The average Bonchev–Trinajstić information content (AvgIpc) is 2.24. The van der Waals surface area contributed by atoms with E-state index in [1.165, 1.54) is 13.8 Å². The van der Waals surface area contributed by atoms with Gasteiger partial charge in [0.15, 0.2) is 0 Å². The van der Waals surface area contributed by atoms with Gasteiger partial charge in [-0.1, -0.05) is 6.07 Å². The van der Waals surface area contributed by atoms with Crippen LogP contribution in [0.15, 0.2) is 18.2 Å². The summed E-state index contributed by atoms with van der Waals surface area (Å²) in [5.41, 5.74) is -2.22. The Bertz CT molecular complexity index is 668. The molecule has 1 N–H and O–H groups in total. The Morgan fingerprint density at radius 1 is 1.25 bits per heavy atom. The van der Waals surface area contributed by atoms with Crippen LogP contribution in [0.4, 0.5) is 18.9 Å². The van der Waals surface area contributed by atoms with E-state index >= 15 is 0 Å². The van der Waals surface area contributed by atoms with Crippen LogP contribution >= 0.6 is 0 Å². The van der Waals surface area contributed by atoms with Crippen LogP contribution in [0, 0.1) is 0 Å². The van der Waals surface area contributed by atoms with Gasteiger partial charge >= 0.3 is 16.4 Å². The van der Waals surface area contributed by atoms with E-state index in [1.54, 1.807) is 0 Å². The lowest BCUT2D eigenvalue weighted by Crippen LogP contribution is -2.48. The highest BCUT2D eigenvalue weighted by atomic mass is 32.2. The number of carbonyl (C=O) groups is 1. The monoisotopic (exact) mass is 308 g/mol. The number of hydrogen-bond donors (Lipinski definition) is 1. The van der Waals surface area contributed by atoms with Gasteiger partial charge in [-0.3, -0.25) is 9.52 Å². The molecule has 2 rings (SSSR count). The van der Waals surface area contributed by atoms with Crippen LogP contribution in [0.1, 0.15) is 29.8 Å². The summed E-state index contributed by atoms with van der Waals surface area (Å²) in [4.78, 5) is 12.1. The number of fused-ring (bicyclic) bond motifs is 1. The summed E-state index contributed by atoms with van der Waals surface area (Å²) >= 11 is 0. The zero-order valence-corrected chi connectivity index (χ0v) is 11.3. The molecule has 0 saturated carbocycles. The first-order valence-corrected chi connectivity index (χ1v) is 7.06. The molecule has 1 heterocycles. The van der Waals surface area contributed by atoms with Gasteiger partial charge in [0.25, 0.3) is 5.91 Å². The highest BCUT2D eigenvalue weighted by Crippen LogP contribution is 2.39. The zero-order valence-electron chi connectivity index (χ0n) is 10.5. The third-order valence-corrected chi connectivity index (χ3v) is 4.33. The van der Waals surface area contributed by atoms with Crippen molar-refractivity contribution in [2.24, 2.45) is 0 Å². The lowest BCUT2D eigenvalue weighted by Gasteiger charge is -2.32. The predicted molar refractivity (Wildman–Crippen MR) is 65.3 cm³/mol. The molecule has 1 aromatic carbocycles. The second-order valence-electron chi connectivity index (χ2n) is 4.53. The van der Waals surface area contributed by atoms with E-state index in [0.717, 1.165) is 18.2 Å². The summed E-state index contributed by atoms with van der Waals surface area (Å²) in [6.07, 6.45) is -4.76. The lowest BCUT2D eigenvalue weighted by atomic mass is 10.1. The van der Waals surface area contributed by atoms with Crippen LogP contribution in [0.2, 0.25) is 0 Å². The van der Waals surface area contributed by atoms with E-state index in [-0.39, 0.29) is 5.56 Å². The molecular formula is C11H11F3N2O3S. The van der Waals surface area contributed by atoms with Crippen molar-refractivity contribution < 1.29 is 26.4 Å². The predicted octanol–water partition coefficient (Wildman–Crippen LogP) is 2.23. The van der Waals surface area contributed by atoms with E-state index in [9.17, 15) is 26.4 Å². The number of anilines is 1. The maximum absolute atomic E-state index is 12.9. The van der Waals surface area contributed by atoms with Crippen LogP contribution in [-0.4, -0.2) is 24.7 Å². The summed E-state index contributed by atoms with van der Waals surface area (Å²) in [5.74, 6) is -0.972. The molecule has 1 aliphatic rings. The fourth-order valence-corrected chi connectivity index (χ4v) is 3.44. The highest BCUT2D eigenvalue weighted by Gasteiger charge is 2.43. The number of para-hydroxylation sites is 1. The Kier molecular flexibility index (Phi) is 3.20. The van der Waals surface area contributed by atoms with Gasteiger partial charge in [0.1, 0.15) is 0 Å². The minimum atomic E-state index is -4.76. The van der Waals surface area contributed by atoms with Gasteiger partial charge in [0, 0.05) is 6.04 Å². The topological polar surface area (TPSA) is 66.5 Å². The van der Waals surface area contributed by atoms with Crippen molar-refractivity contribution in [3.8, 4) is 0 Å². The van der Waals surface area contributed by atoms with Gasteiger partial charge in [0.05, 0.1) is 16.8 Å². The molecule has 9 heteroatoms. The Morgan fingerprint density at radius 3 is 2.35 bits per heavy atom. The number of rotatable bonds is 1. The fraction of sp³-hybridized carbons (Fsp3) is 0.364. The maximum Gasteiger partial charge on any atom is 0.418 e. The van der Waals surface area contributed by atoms with Gasteiger partial charge < -0.3 is 0 Å². The Labute approximate surface area is 113 Å². The minimum Gasteiger partial charge on any atom is -0.268 e. The van der Waals surface area contributed by atoms with Crippen molar-refractivity contribution in [1.82, 2.24) is 4.31 Å². The van der Waals surface area contributed by atoms with E-state index < -0.39 is 39.6 Å². The molecule has 110 valence electrons. The molecule has 5 nitrogen and oxygen atoms in total. The Morgan fingerprint density at radius 2 is 1.85 bits per heavy atom. The highest BCUT2D eigenvalue weighted by molar-refractivity contribution is 7.91. The van der Waals surface area contributed by atoms with Crippen molar-refractivity contribution in [3.05, 3.63) is 29.3 Å². The molecule has 0 fully saturated rings. The van der Waals surface area contributed by atoms with Crippen LogP contribution in [0.3, 0.4) is 0 Å². The summed E-state index contributed by atoms with van der Waals surface area (Å²) in [5, 5.41) is 0. The molecule has 0 radical (unpaired) electrons. The summed E-state index contributed by atoms with van der Waals surface area (Å²) < 4.78 is 64.7. The van der Waals surface area contributed by atoms with Gasteiger partial charge in [-0.25, -0.2) is 4.31 Å². The molecule has 0 spiro atoms. The number of amides is 1. The number of nitrogens with zero attached hydrogens (tertiary/aromatic N) is 1. The van der Waals surface area contributed by atoms with Crippen molar-refractivity contribution in [2.45, 2.75) is 26.1 Å². The van der Waals surface area contributed by atoms with E-state index in [0.29, 0.717) is 4.31 Å². The molecule has 1 aromatic rings. The molecule has 0 saturated heterocycles. The standard InChI is InChI=1S/C11H11F3N2O3S/c1-6(2)16-10(17)7-4-3-5-8(11(12,13)14)9(7)15-20(16,18)19/h3-6,15H,1-2H3. The fourth-order valence-electron chi connectivity index (χ4n) is 1.99. The van der Waals surface area contributed by atoms with Gasteiger partial charge in [-0.15, -0.1) is 0 Å². The van der Waals surface area contributed by atoms with Crippen molar-refractivity contribution >= 4 is 21.8 Å². The molecule has 20 heavy (non-hydrogen) atoms. The average molecular weight is 308 g/mol. The molecule has 0 unspecified atom stereocenters. The number of alkyl halides is 3. The summed E-state index contributed by atoms with van der Waals surface area (Å²) in [7, 11) is -4.33. The number of hydrogen-bond acceptors (Lipinski definition) is 3. The summed E-state index contributed by atoms with van der Waals surface area (Å²) in [6.45, 7) is 2.91. The quantitative estimate of drug-likeness (QED) is 0.865. The SMILES string of the molecule is CC(C)N1C(=O)c2cccc(C(F)(F)F)c2NS1(=O)=O. The Balaban J connectivity index is 2.70. The second-order valence-corrected chi connectivity index (χ2v) is 6.08. The van der Waals surface area contributed by atoms with E-state index in [4.69, 9.17) is 0 Å². The van der Waals surface area contributed by atoms with Gasteiger partial charge in [-0.05, 0) is 26.0 Å². The van der Waals surface area contributed by atoms with Crippen LogP contribution in [-0.2, 0) is 16.4 Å². The Hall–Kier alpha value is -1.77. The second kappa shape index (κ2) is 4.37. The molecule has 0 aliphatic carbocycles. The normalized spacial score (nSPS) is 17.9. The van der Waals surface area contributed by atoms with Crippen molar-refractivity contribution in [1.29, 1.82) is 0 Å². The molecule has 0 bridgehead atoms. The van der Waals surface area contributed by atoms with Gasteiger partial charge in [0.2, 0.25) is 0 Å². The van der Waals surface area contributed by atoms with Crippen LogP contribution in [0.25, 0.3) is 0 Å². The molecule has 0 aromatic heterocycles. The molecule has 0 atom stereocenters. The third-order valence-electron chi connectivity index (χ3n) is 2.76. The molecular weight excluding hydrogens is 297 g/mol. The number of carbonyl (C=O) groups excluding carboxylic acids is 1.